The number of likely N-dealkylation sites (N-methyl/N-ethyl adjacent to an activating group) is 1. The summed E-state index contributed by atoms with van der Waals surface area (Å²) in [6.07, 6.45) is 1.64. The summed E-state index contributed by atoms with van der Waals surface area (Å²) in [4.78, 5) is 18.7. The van der Waals surface area contributed by atoms with Gasteiger partial charge in [-0.15, -0.1) is 11.3 Å². The van der Waals surface area contributed by atoms with Crippen molar-refractivity contribution in [3.63, 3.8) is 0 Å². The standard InChI is InChI=1S/C14H16N2O2S/c1-16(8-9-18-2)14(17)12-10-15-13(19-12)11-6-4-3-5-7-11/h3-7,10H,8-9H2,1-2H3. The van der Waals surface area contributed by atoms with Gasteiger partial charge in [0.15, 0.2) is 0 Å². The number of aromatic nitrogens is 1. The minimum atomic E-state index is -0.0169. The van der Waals surface area contributed by atoms with E-state index in [0.29, 0.717) is 18.0 Å². The average Bonchev–Trinajstić information content (AvgIpc) is 2.94. The highest BCUT2D eigenvalue weighted by Gasteiger charge is 2.15. The van der Waals surface area contributed by atoms with Crippen molar-refractivity contribution < 1.29 is 9.53 Å². The van der Waals surface area contributed by atoms with Crippen molar-refractivity contribution in [1.29, 1.82) is 0 Å². The number of amides is 1. The molecule has 5 heteroatoms. The molecule has 1 amide bonds. The van der Waals surface area contributed by atoms with Crippen LogP contribution in [0.15, 0.2) is 36.5 Å². The molecule has 0 atom stereocenters. The molecule has 0 spiro atoms. The molecule has 0 saturated heterocycles. The van der Waals surface area contributed by atoms with Gasteiger partial charge in [0, 0.05) is 26.3 Å². The monoisotopic (exact) mass is 276 g/mol. The number of carbonyl (C=O) groups excluding carboxylic acids is 1. The van der Waals surface area contributed by atoms with E-state index in [1.54, 1.807) is 25.3 Å². The van der Waals surface area contributed by atoms with Crippen molar-refractivity contribution in [1.82, 2.24) is 9.88 Å². The van der Waals surface area contributed by atoms with Gasteiger partial charge in [0.2, 0.25) is 0 Å². The van der Waals surface area contributed by atoms with Crippen LogP contribution in [-0.4, -0.2) is 43.1 Å². The summed E-state index contributed by atoms with van der Waals surface area (Å²) in [5, 5.41) is 0.865. The number of benzene rings is 1. The molecule has 1 aromatic carbocycles. The van der Waals surface area contributed by atoms with E-state index < -0.39 is 0 Å². The maximum atomic E-state index is 12.1. The van der Waals surface area contributed by atoms with Crippen LogP contribution in [-0.2, 0) is 4.74 Å². The number of carbonyl (C=O) groups is 1. The summed E-state index contributed by atoms with van der Waals surface area (Å²) in [5.41, 5.74) is 1.03. The number of hydrogen-bond donors (Lipinski definition) is 0. The fourth-order valence-corrected chi connectivity index (χ4v) is 2.52. The van der Waals surface area contributed by atoms with E-state index in [9.17, 15) is 4.79 Å². The van der Waals surface area contributed by atoms with Gasteiger partial charge in [-0.25, -0.2) is 4.98 Å². The minimum Gasteiger partial charge on any atom is -0.383 e. The average molecular weight is 276 g/mol. The van der Waals surface area contributed by atoms with Gasteiger partial charge >= 0.3 is 0 Å². The van der Waals surface area contributed by atoms with Gasteiger partial charge in [0.1, 0.15) is 9.88 Å². The fraction of sp³-hybridized carbons (Fsp3) is 0.286. The molecule has 0 saturated carbocycles. The number of ether oxygens (including phenoxy) is 1. The smallest absolute Gasteiger partial charge is 0.265 e. The predicted octanol–water partition coefficient (Wildman–Crippen LogP) is 2.53. The van der Waals surface area contributed by atoms with E-state index in [1.165, 1.54) is 11.3 Å². The quantitative estimate of drug-likeness (QED) is 0.842. The number of rotatable bonds is 5. The Morgan fingerprint density at radius 3 is 2.79 bits per heavy atom. The Morgan fingerprint density at radius 1 is 1.37 bits per heavy atom. The number of thiazole rings is 1. The third-order valence-electron chi connectivity index (χ3n) is 2.71. The third-order valence-corrected chi connectivity index (χ3v) is 3.75. The Morgan fingerprint density at radius 2 is 2.11 bits per heavy atom. The van der Waals surface area contributed by atoms with E-state index in [0.717, 1.165) is 10.6 Å². The van der Waals surface area contributed by atoms with Gasteiger partial charge < -0.3 is 9.64 Å². The highest BCUT2D eigenvalue weighted by Crippen LogP contribution is 2.25. The Hall–Kier alpha value is -1.72. The molecule has 0 fully saturated rings. The van der Waals surface area contributed by atoms with Crippen LogP contribution in [0.3, 0.4) is 0 Å². The lowest BCUT2D eigenvalue weighted by molar-refractivity contribution is 0.0748. The second kappa shape index (κ2) is 6.45. The van der Waals surface area contributed by atoms with Crippen LogP contribution < -0.4 is 0 Å². The van der Waals surface area contributed by atoms with Crippen LogP contribution in [0.25, 0.3) is 10.6 Å². The summed E-state index contributed by atoms with van der Waals surface area (Å²) in [6, 6.07) is 9.86. The maximum absolute atomic E-state index is 12.1. The number of hydrogen-bond acceptors (Lipinski definition) is 4. The summed E-state index contributed by atoms with van der Waals surface area (Å²) in [5.74, 6) is -0.0169. The molecule has 100 valence electrons. The first-order valence-electron chi connectivity index (χ1n) is 5.98. The Kier molecular flexibility index (Phi) is 4.65. The summed E-state index contributed by atoms with van der Waals surface area (Å²) in [7, 11) is 3.39. The van der Waals surface area contributed by atoms with Crippen molar-refractivity contribution in [2.45, 2.75) is 0 Å². The van der Waals surface area contributed by atoms with Gasteiger partial charge in [-0.1, -0.05) is 30.3 Å². The van der Waals surface area contributed by atoms with E-state index in [2.05, 4.69) is 4.98 Å². The van der Waals surface area contributed by atoms with E-state index in [-0.39, 0.29) is 5.91 Å². The molecule has 0 bridgehead atoms. The normalized spacial score (nSPS) is 10.4. The lowest BCUT2D eigenvalue weighted by Gasteiger charge is -2.14. The molecule has 0 aliphatic rings. The molecule has 1 heterocycles. The second-order valence-corrected chi connectivity index (χ2v) is 5.15. The Bertz CT molecular complexity index is 539. The van der Waals surface area contributed by atoms with E-state index >= 15 is 0 Å². The van der Waals surface area contributed by atoms with Crippen molar-refractivity contribution in [2.75, 3.05) is 27.3 Å². The van der Waals surface area contributed by atoms with Gasteiger partial charge in [0.25, 0.3) is 5.91 Å². The molecule has 2 rings (SSSR count). The van der Waals surface area contributed by atoms with Crippen LogP contribution >= 0.6 is 11.3 Å². The van der Waals surface area contributed by atoms with E-state index in [4.69, 9.17) is 4.74 Å². The molecule has 19 heavy (non-hydrogen) atoms. The van der Waals surface area contributed by atoms with Crippen LogP contribution in [0.5, 0.6) is 0 Å². The Labute approximate surface area is 116 Å². The molecule has 0 unspecified atom stereocenters. The van der Waals surface area contributed by atoms with Gasteiger partial charge in [-0.2, -0.15) is 0 Å². The van der Waals surface area contributed by atoms with Gasteiger partial charge in [-0.05, 0) is 0 Å². The first-order chi connectivity index (χ1) is 9.22. The second-order valence-electron chi connectivity index (χ2n) is 4.12. The van der Waals surface area contributed by atoms with Gasteiger partial charge in [-0.3, -0.25) is 4.79 Å². The molecular formula is C14H16N2O2S. The van der Waals surface area contributed by atoms with Crippen LogP contribution in [0.1, 0.15) is 9.67 Å². The van der Waals surface area contributed by atoms with Crippen molar-refractivity contribution >= 4 is 17.2 Å². The summed E-state index contributed by atoms with van der Waals surface area (Å²) >= 11 is 1.41. The first-order valence-corrected chi connectivity index (χ1v) is 6.79. The fourth-order valence-electron chi connectivity index (χ4n) is 1.61. The zero-order chi connectivity index (χ0) is 13.7. The highest BCUT2D eigenvalue weighted by atomic mass is 32.1. The van der Waals surface area contributed by atoms with Crippen molar-refractivity contribution in [2.24, 2.45) is 0 Å². The van der Waals surface area contributed by atoms with Crippen LogP contribution in [0.4, 0.5) is 0 Å². The summed E-state index contributed by atoms with van der Waals surface area (Å²) in [6.45, 7) is 1.11. The SMILES string of the molecule is COCCN(C)C(=O)c1cnc(-c2ccccc2)s1. The third kappa shape index (κ3) is 3.39. The highest BCUT2D eigenvalue weighted by molar-refractivity contribution is 7.16. The minimum absolute atomic E-state index is 0.0169. The molecule has 0 radical (unpaired) electrons. The topological polar surface area (TPSA) is 42.4 Å². The lowest BCUT2D eigenvalue weighted by atomic mass is 10.2. The summed E-state index contributed by atoms with van der Waals surface area (Å²) < 4.78 is 4.97. The van der Waals surface area contributed by atoms with Crippen molar-refractivity contribution in [3.8, 4) is 10.6 Å². The Balaban J connectivity index is 2.11. The molecule has 4 nitrogen and oxygen atoms in total. The molecule has 0 aliphatic carbocycles. The molecule has 1 aromatic heterocycles. The molecule has 2 aromatic rings. The zero-order valence-corrected chi connectivity index (χ0v) is 11.8. The number of nitrogens with zero attached hydrogens (tertiary/aromatic N) is 2. The van der Waals surface area contributed by atoms with Crippen molar-refractivity contribution in [3.05, 3.63) is 41.4 Å². The van der Waals surface area contributed by atoms with Crippen LogP contribution in [0.2, 0.25) is 0 Å². The molecular weight excluding hydrogens is 260 g/mol. The van der Waals surface area contributed by atoms with E-state index in [1.807, 2.05) is 30.3 Å². The molecule has 0 aliphatic heterocycles. The predicted molar refractivity (Wildman–Crippen MR) is 76.4 cm³/mol. The first kappa shape index (κ1) is 13.7. The zero-order valence-electron chi connectivity index (χ0n) is 11.0. The van der Waals surface area contributed by atoms with Crippen LogP contribution in [0, 0.1) is 0 Å². The largest absolute Gasteiger partial charge is 0.383 e. The lowest BCUT2D eigenvalue weighted by Crippen LogP contribution is -2.29. The maximum Gasteiger partial charge on any atom is 0.265 e. The number of methoxy groups -OCH3 is 1. The van der Waals surface area contributed by atoms with Gasteiger partial charge in [0.05, 0.1) is 12.8 Å². The molecule has 0 N–H and O–H groups in total.